The SMILES string of the molecule is Nc1nc(Nc2cccc3c2CCCC3)nn1-c1ccccn1. The number of aromatic nitrogens is 4. The van der Waals surface area contributed by atoms with Crippen LogP contribution >= 0.6 is 0 Å². The number of fused-ring (bicyclic) bond motifs is 1. The molecule has 0 aliphatic heterocycles. The third-order valence-electron chi connectivity index (χ3n) is 4.14. The van der Waals surface area contributed by atoms with Gasteiger partial charge in [-0.1, -0.05) is 18.2 Å². The molecule has 2 aromatic heterocycles. The number of hydrogen-bond acceptors (Lipinski definition) is 5. The van der Waals surface area contributed by atoms with Crippen molar-refractivity contribution in [2.45, 2.75) is 25.7 Å². The molecule has 3 N–H and O–H groups in total. The van der Waals surface area contributed by atoms with Gasteiger partial charge in [-0.05, 0) is 55.0 Å². The summed E-state index contributed by atoms with van der Waals surface area (Å²) in [4.78, 5) is 8.56. The van der Waals surface area contributed by atoms with Gasteiger partial charge in [0, 0.05) is 11.9 Å². The molecule has 2 heterocycles. The van der Waals surface area contributed by atoms with Gasteiger partial charge in [0.25, 0.3) is 0 Å². The number of nitrogen functional groups attached to an aromatic ring is 1. The van der Waals surface area contributed by atoms with Crippen LogP contribution in [0.1, 0.15) is 24.0 Å². The minimum absolute atomic E-state index is 0.316. The Hall–Kier alpha value is -2.89. The van der Waals surface area contributed by atoms with Crippen LogP contribution in [0.15, 0.2) is 42.6 Å². The lowest BCUT2D eigenvalue weighted by atomic mass is 9.90. The van der Waals surface area contributed by atoms with Crippen molar-refractivity contribution in [3.63, 3.8) is 0 Å². The van der Waals surface area contributed by atoms with Gasteiger partial charge in [0.2, 0.25) is 11.9 Å². The summed E-state index contributed by atoms with van der Waals surface area (Å²) in [7, 11) is 0. The average molecular weight is 306 g/mol. The van der Waals surface area contributed by atoms with Crippen LogP contribution in [0.4, 0.5) is 17.6 Å². The van der Waals surface area contributed by atoms with Gasteiger partial charge in [0.05, 0.1) is 0 Å². The minimum Gasteiger partial charge on any atom is -0.368 e. The molecule has 0 radical (unpaired) electrons. The molecule has 6 nitrogen and oxygen atoms in total. The highest BCUT2D eigenvalue weighted by Gasteiger charge is 2.15. The van der Waals surface area contributed by atoms with Crippen LogP contribution < -0.4 is 11.1 Å². The van der Waals surface area contributed by atoms with E-state index in [0.29, 0.717) is 17.7 Å². The van der Waals surface area contributed by atoms with Crippen LogP contribution in [0.25, 0.3) is 5.82 Å². The smallest absolute Gasteiger partial charge is 0.248 e. The molecule has 1 aliphatic rings. The Morgan fingerprint density at radius 2 is 1.96 bits per heavy atom. The molecule has 3 aromatic rings. The van der Waals surface area contributed by atoms with Crippen LogP contribution in [-0.2, 0) is 12.8 Å². The summed E-state index contributed by atoms with van der Waals surface area (Å²) in [5.74, 6) is 1.46. The zero-order chi connectivity index (χ0) is 15.6. The zero-order valence-electron chi connectivity index (χ0n) is 12.7. The number of hydrogen-bond donors (Lipinski definition) is 2. The second-order valence-corrected chi connectivity index (χ2v) is 5.67. The van der Waals surface area contributed by atoms with E-state index < -0.39 is 0 Å². The maximum absolute atomic E-state index is 5.97. The highest BCUT2D eigenvalue weighted by atomic mass is 15.4. The van der Waals surface area contributed by atoms with Gasteiger partial charge in [-0.25, -0.2) is 4.98 Å². The van der Waals surface area contributed by atoms with E-state index in [1.165, 1.54) is 28.7 Å². The molecule has 0 saturated carbocycles. The van der Waals surface area contributed by atoms with Crippen molar-refractivity contribution in [3.8, 4) is 5.82 Å². The fourth-order valence-corrected chi connectivity index (χ4v) is 3.04. The third-order valence-corrected chi connectivity index (χ3v) is 4.14. The van der Waals surface area contributed by atoms with Crippen LogP contribution in [0, 0.1) is 0 Å². The molecule has 116 valence electrons. The van der Waals surface area contributed by atoms with Gasteiger partial charge >= 0.3 is 0 Å². The van der Waals surface area contributed by atoms with E-state index in [0.717, 1.165) is 18.5 Å². The van der Waals surface area contributed by atoms with E-state index >= 15 is 0 Å². The summed E-state index contributed by atoms with van der Waals surface area (Å²) in [5.41, 5.74) is 9.83. The van der Waals surface area contributed by atoms with Crippen molar-refractivity contribution in [1.29, 1.82) is 0 Å². The molecule has 0 saturated heterocycles. The number of nitrogens with one attached hydrogen (secondary N) is 1. The highest BCUT2D eigenvalue weighted by Crippen LogP contribution is 2.29. The Bertz CT molecular complexity index is 824. The van der Waals surface area contributed by atoms with Gasteiger partial charge in [0.1, 0.15) is 0 Å². The standard InChI is InChI=1S/C17H18N6/c18-16-21-17(22-23(16)15-10-3-4-11-19-15)20-14-9-5-7-12-6-1-2-8-13(12)14/h3-5,7,9-11H,1-2,6,8H2,(H3,18,20,21,22). The molecule has 0 bridgehead atoms. The number of aryl methyl sites for hydroxylation is 1. The summed E-state index contributed by atoms with van der Waals surface area (Å²) in [6, 6.07) is 11.9. The van der Waals surface area contributed by atoms with Gasteiger partial charge in [-0.3, -0.25) is 0 Å². The number of anilines is 3. The number of pyridine rings is 1. The summed E-state index contributed by atoms with van der Waals surface area (Å²) in [5, 5.41) is 7.74. The first kappa shape index (κ1) is 13.8. The number of rotatable bonds is 3. The molecule has 0 amide bonds. The fraction of sp³-hybridized carbons (Fsp3) is 0.235. The van der Waals surface area contributed by atoms with Gasteiger partial charge in [0.15, 0.2) is 5.82 Å². The first-order valence-electron chi connectivity index (χ1n) is 7.83. The Balaban J connectivity index is 1.66. The largest absolute Gasteiger partial charge is 0.368 e. The highest BCUT2D eigenvalue weighted by molar-refractivity contribution is 5.62. The van der Waals surface area contributed by atoms with Crippen molar-refractivity contribution >= 4 is 17.6 Å². The Labute approximate surface area is 134 Å². The molecular formula is C17H18N6. The topological polar surface area (TPSA) is 81.6 Å². The van der Waals surface area contributed by atoms with Crippen molar-refractivity contribution in [2.75, 3.05) is 11.1 Å². The van der Waals surface area contributed by atoms with Crippen molar-refractivity contribution in [3.05, 3.63) is 53.7 Å². The first-order valence-corrected chi connectivity index (χ1v) is 7.83. The third kappa shape index (κ3) is 2.63. The zero-order valence-corrected chi connectivity index (χ0v) is 12.7. The molecule has 1 aromatic carbocycles. The Kier molecular flexibility index (Phi) is 3.42. The second kappa shape index (κ2) is 5.72. The predicted molar refractivity (Wildman–Crippen MR) is 89.9 cm³/mol. The lowest BCUT2D eigenvalue weighted by Gasteiger charge is -2.19. The summed E-state index contributed by atoms with van der Waals surface area (Å²) in [6.45, 7) is 0. The van der Waals surface area contributed by atoms with Crippen LogP contribution in [0.2, 0.25) is 0 Å². The summed E-state index contributed by atoms with van der Waals surface area (Å²) >= 11 is 0. The molecule has 6 heteroatoms. The average Bonchev–Trinajstić information content (AvgIpc) is 2.96. The molecule has 0 spiro atoms. The first-order chi connectivity index (χ1) is 11.3. The number of nitrogens with two attached hydrogens (primary N) is 1. The fourth-order valence-electron chi connectivity index (χ4n) is 3.04. The van der Waals surface area contributed by atoms with E-state index in [1.807, 2.05) is 18.2 Å². The van der Waals surface area contributed by atoms with Gasteiger partial charge < -0.3 is 11.1 Å². The van der Waals surface area contributed by atoms with Crippen LogP contribution in [0.5, 0.6) is 0 Å². The van der Waals surface area contributed by atoms with E-state index in [2.05, 4.69) is 38.6 Å². The Morgan fingerprint density at radius 1 is 1.04 bits per heavy atom. The second-order valence-electron chi connectivity index (χ2n) is 5.67. The van der Waals surface area contributed by atoms with Crippen LogP contribution in [0.3, 0.4) is 0 Å². The molecule has 1 aliphatic carbocycles. The number of nitrogens with zero attached hydrogens (tertiary/aromatic N) is 4. The molecule has 0 fully saturated rings. The molecular weight excluding hydrogens is 288 g/mol. The van der Waals surface area contributed by atoms with E-state index in [-0.39, 0.29) is 0 Å². The minimum atomic E-state index is 0.316. The predicted octanol–water partition coefficient (Wildman–Crippen LogP) is 2.87. The Morgan fingerprint density at radius 3 is 2.83 bits per heavy atom. The normalized spacial score (nSPS) is 13.6. The monoisotopic (exact) mass is 306 g/mol. The maximum Gasteiger partial charge on any atom is 0.248 e. The van der Waals surface area contributed by atoms with Crippen molar-refractivity contribution in [2.24, 2.45) is 0 Å². The van der Waals surface area contributed by atoms with E-state index in [1.54, 1.807) is 6.20 Å². The van der Waals surface area contributed by atoms with Gasteiger partial charge in [-0.2, -0.15) is 9.67 Å². The number of benzene rings is 1. The van der Waals surface area contributed by atoms with Crippen molar-refractivity contribution in [1.82, 2.24) is 19.7 Å². The lowest BCUT2D eigenvalue weighted by Crippen LogP contribution is -2.07. The van der Waals surface area contributed by atoms with Crippen LogP contribution in [-0.4, -0.2) is 19.7 Å². The maximum atomic E-state index is 5.97. The van der Waals surface area contributed by atoms with Gasteiger partial charge in [-0.15, -0.1) is 5.10 Å². The molecule has 4 rings (SSSR count). The van der Waals surface area contributed by atoms with E-state index in [9.17, 15) is 0 Å². The summed E-state index contributed by atoms with van der Waals surface area (Å²) < 4.78 is 1.54. The van der Waals surface area contributed by atoms with Crippen molar-refractivity contribution < 1.29 is 0 Å². The summed E-state index contributed by atoms with van der Waals surface area (Å²) in [6.07, 6.45) is 6.43. The van der Waals surface area contributed by atoms with E-state index in [4.69, 9.17) is 5.73 Å². The lowest BCUT2D eigenvalue weighted by molar-refractivity contribution is 0.687. The molecule has 0 unspecified atom stereocenters. The quantitative estimate of drug-likeness (QED) is 0.777. The molecule has 0 atom stereocenters. The molecule has 23 heavy (non-hydrogen) atoms.